The second-order valence-electron chi connectivity index (χ2n) is 10.7. The number of aromatic nitrogens is 2. The summed E-state index contributed by atoms with van der Waals surface area (Å²) >= 11 is 0. The van der Waals surface area contributed by atoms with E-state index in [2.05, 4.69) is 16.0 Å². The van der Waals surface area contributed by atoms with Crippen LogP contribution in [0.3, 0.4) is 0 Å². The molecule has 0 radical (unpaired) electrons. The Labute approximate surface area is 215 Å². The topological polar surface area (TPSA) is 84.5 Å². The normalized spacial score (nSPS) is 25.9. The lowest BCUT2D eigenvalue weighted by molar-refractivity contribution is -0.928. The summed E-state index contributed by atoms with van der Waals surface area (Å²) in [6, 6.07) is 5.87. The Morgan fingerprint density at radius 1 is 1.16 bits per heavy atom. The van der Waals surface area contributed by atoms with Gasteiger partial charge in [0.2, 0.25) is 5.82 Å². The van der Waals surface area contributed by atoms with E-state index in [1.807, 2.05) is 0 Å². The highest BCUT2D eigenvalue weighted by molar-refractivity contribution is 5.97. The maximum atomic E-state index is 13.3. The molecule has 4 aliphatic rings. The molecule has 1 aromatic heterocycles. The standard InChI is InChI=1S/C28H33FN4O4/c29-21-5-3-19(4-6-21)27(34)20-7-11-32(12-8-20)26-9-13-33(26,16-22-2-1-14-37-22)17-25-30-24-10-15-36-18-23(24)28(35)31-25/h3-6,9,20,22H,1-2,7-8,10-18H2/p+1/t22?,33-/m1/s1. The van der Waals surface area contributed by atoms with Crippen molar-refractivity contribution < 1.29 is 23.1 Å². The highest BCUT2D eigenvalue weighted by Crippen LogP contribution is 2.37. The molecule has 5 heterocycles. The first-order valence-corrected chi connectivity index (χ1v) is 13.4. The molecule has 1 unspecified atom stereocenters. The van der Waals surface area contributed by atoms with Gasteiger partial charge in [0.15, 0.2) is 11.6 Å². The third kappa shape index (κ3) is 4.87. The van der Waals surface area contributed by atoms with Crippen molar-refractivity contribution >= 4 is 5.78 Å². The molecular formula is C28H34FN4O4+. The van der Waals surface area contributed by atoms with E-state index in [1.165, 1.54) is 18.0 Å². The molecule has 37 heavy (non-hydrogen) atoms. The van der Waals surface area contributed by atoms with Crippen molar-refractivity contribution in [2.24, 2.45) is 5.92 Å². The highest BCUT2D eigenvalue weighted by Gasteiger charge is 2.47. The second kappa shape index (κ2) is 10.1. The Morgan fingerprint density at radius 3 is 2.68 bits per heavy atom. The summed E-state index contributed by atoms with van der Waals surface area (Å²) in [5.41, 5.74) is 1.99. The lowest BCUT2D eigenvalue weighted by Crippen LogP contribution is -2.61. The molecule has 196 valence electrons. The van der Waals surface area contributed by atoms with E-state index >= 15 is 0 Å². The molecule has 2 fully saturated rings. The van der Waals surface area contributed by atoms with Crippen LogP contribution in [0.15, 0.2) is 41.0 Å². The van der Waals surface area contributed by atoms with Crippen molar-refractivity contribution in [3.63, 3.8) is 0 Å². The van der Waals surface area contributed by atoms with Crippen molar-refractivity contribution in [3.05, 3.63) is 75.0 Å². The first-order chi connectivity index (χ1) is 18.0. The zero-order valence-corrected chi connectivity index (χ0v) is 21.1. The maximum absolute atomic E-state index is 13.3. The predicted octanol–water partition coefficient (Wildman–Crippen LogP) is 2.93. The molecule has 1 N–H and O–H groups in total. The summed E-state index contributed by atoms with van der Waals surface area (Å²) in [4.78, 5) is 36.0. The Morgan fingerprint density at radius 2 is 1.97 bits per heavy atom. The van der Waals surface area contributed by atoms with E-state index in [4.69, 9.17) is 14.5 Å². The molecule has 0 saturated carbocycles. The van der Waals surface area contributed by atoms with Gasteiger partial charge < -0.3 is 19.4 Å². The lowest BCUT2D eigenvalue weighted by Gasteiger charge is -2.50. The van der Waals surface area contributed by atoms with Crippen LogP contribution < -0.4 is 5.56 Å². The number of aromatic amines is 1. The molecule has 0 amide bonds. The van der Waals surface area contributed by atoms with E-state index in [9.17, 15) is 14.0 Å². The molecule has 4 aliphatic heterocycles. The van der Waals surface area contributed by atoms with Gasteiger partial charge in [-0.05, 0) is 49.9 Å². The summed E-state index contributed by atoms with van der Waals surface area (Å²) in [5.74, 6) is 1.68. The minimum absolute atomic E-state index is 0.0525. The number of fused-ring (bicyclic) bond motifs is 1. The molecule has 2 aromatic rings. The zero-order valence-electron chi connectivity index (χ0n) is 21.1. The van der Waals surface area contributed by atoms with Gasteiger partial charge in [0, 0.05) is 43.7 Å². The number of hydrogen-bond acceptors (Lipinski definition) is 6. The Hall–Kier alpha value is -2.88. The number of ether oxygens (including phenoxy) is 2. The molecule has 0 bridgehead atoms. The van der Waals surface area contributed by atoms with Gasteiger partial charge in [-0.25, -0.2) is 9.37 Å². The quantitative estimate of drug-likeness (QED) is 0.457. The van der Waals surface area contributed by atoms with Gasteiger partial charge in [0.05, 0.1) is 24.5 Å². The predicted molar refractivity (Wildman–Crippen MR) is 134 cm³/mol. The number of piperidine rings is 1. The number of carbonyl (C=O) groups is 1. The number of halogens is 1. The number of H-pyrrole nitrogens is 1. The summed E-state index contributed by atoms with van der Waals surface area (Å²) in [5, 5.41) is 0. The molecule has 9 heteroatoms. The molecular weight excluding hydrogens is 475 g/mol. The summed E-state index contributed by atoms with van der Waals surface area (Å²) in [6.45, 7) is 5.64. The smallest absolute Gasteiger partial charge is 0.256 e. The van der Waals surface area contributed by atoms with E-state index in [1.54, 1.807) is 12.1 Å². The fourth-order valence-corrected chi connectivity index (χ4v) is 6.29. The third-order valence-corrected chi connectivity index (χ3v) is 8.34. The van der Waals surface area contributed by atoms with Gasteiger partial charge in [-0.1, -0.05) is 0 Å². The van der Waals surface area contributed by atoms with Crippen molar-refractivity contribution in [1.82, 2.24) is 14.9 Å². The summed E-state index contributed by atoms with van der Waals surface area (Å²) < 4.78 is 25.5. The van der Waals surface area contributed by atoms with Crippen LogP contribution in [0.5, 0.6) is 0 Å². The Kier molecular flexibility index (Phi) is 6.69. The van der Waals surface area contributed by atoms with Gasteiger partial charge in [-0.2, -0.15) is 0 Å². The first kappa shape index (κ1) is 24.5. The molecule has 0 spiro atoms. The fourth-order valence-electron chi connectivity index (χ4n) is 6.29. The minimum atomic E-state index is -0.327. The van der Waals surface area contributed by atoms with Crippen LogP contribution in [0.2, 0.25) is 0 Å². The number of rotatable bonds is 7. The molecule has 0 aliphatic carbocycles. The second-order valence-corrected chi connectivity index (χ2v) is 10.7. The average Bonchev–Trinajstić information content (AvgIpc) is 3.41. The number of nitrogens with one attached hydrogen (secondary N) is 1. The van der Waals surface area contributed by atoms with Crippen LogP contribution >= 0.6 is 0 Å². The molecule has 2 saturated heterocycles. The van der Waals surface area contributed by atoms with Crippen LogP contribution in [0.25, 0.3) is 0 Å². The first-order valence-electron chi connectivity index (χ1n) is 13.4. The van der Waals surface area contributed by atoms with Crippen LogP contribution in [-0.4, -0.2) is 70.6 Å². The monoisotopic (exact) mass is 509 g/mol. The number of nitrogens with zero attached hydrogens (tertiary/aromatic N) is 3. The molecule has 8 nitrogen and oxygen atoms in total. The number of quaternary nitrogens is 1. The number of ketones is 1. The van der Waals surface area contributed by atoms with E-state index in [-0.39, 0.29) is 29.2 Å². The Balaban J connectivity index is 1.19. The van der Waals surface area contributed by atoms with E-state index < -0.39 is 0 Å². The van der Waals surface area contributed by atoms with Crippen LogP contribution in [0, 0.1) is 11.7 Å². The van der Waals surface area contributed by atoms with E-state index in [0.29, 0.717) is 41.8 Å². The lowest BCUT2D eigenvalue weighted by atomic mass is 9.88. The van der Waals surface area contributed by atoms with Crippen molar-refractivity contribution in [2.75, 3.05) is 39.4 Å². The van der Waals surface area contributed by atoms with Gasteiger partial charge in [-0.3, -0.25) is 14.1 Å². The largest absolute Gasteiger partial charge is 0.376 e. The van der Waals surface area contributed by atoms with Crippen molar-refractivity contribution in [3.8, 4) is 0 Å². The Bertz CT molecular complexity index is 1250. The number of likely N-dealkylation sites (tertiary alicyclic amines) is 1. The highest BCUT2D eigenvalue weighted by atomic mass is 19.1. The maximum Gasteiger partial charge on any atom is 0.256 e. The third-order valence-electron chi connectivity index (χ3n) is 8.34. The average molecular weight is 510 g/mol. The number of hydrogen-bond donors (Lipinski definition) is 1. The van der Waals surface area contributed by atoms with E-state index in [0.717, 1.165) is 70.0 Å². The zero-order chi connectivity index (χ0) is 25.4. The van der Waals surface area contributed by atoms with Crippen molar-refractivity contribution in [2.45, 2.75) is 51.4 Å². The summed E-state index contributed by atoms with van der Waals surface area (Å²) in [7, 11) is 0. The molecule has 6 rings (SSSR count). The molecule has 2 atom stereocenters. The fraction of sp³-hybridized carbons (Fsp3) is 0.536. The number of carbonyl (C=O) groups excluding carboxylic acids is 1. The van der Waals surface area contributed by atoms with Gasteiger partial charge in [0.25, 0.3) is 5.56 Å². The minimum Gasteiger partial charge on any atom is -0.376 e. The van der Waals surface area contributed by atoms with Crippen LogP contribution in [0.1, 0.15) is 53.1 Å². The van der Waals surface area contributed by atoms with Crippen molar-refractivity contribution in [1.29, 1.82) is 0 Å². The number of Topliss-reactive ketones (excluding diaryl/α,β-unsaturated/α-hetero) is 1. The van der Waals surface area contributed by atoms with Crippen LogP contribution in [-0.2, 0) is 29.0 Å². The summed E-state index contributed by atoms with van der Waals surface area (Å²) in [6.07, 6.45) is 6.79. The van der Waals surface area contributed by atoms with Crippen LogP contribution in [0.4, 0.5) is 4.39 Å². The van der Waals surface area contributed by atoms with Gasteiger partial charge in [-0.15, -0.1) is 0 Å². The van der Waals surface area contributed by atoms with Gasteiger partial charge in [0.1, 0.15) is 31.6 Å². The SMILES string of the molecule is O=C(c1ccc(F)cc1)C1CCN(C2=CC[N@+]2(Cc2nc3c(c(=O)[nH]2)COCC3)CC2CCCO2)CC1. The van der Waals surface area contributed by atoms with Gasteiger partial charge >= 0.3 is 0 Å². The molecule has 1 aromatic carbocycles. The number of benzene rings is 1.